The van der Waals surface area contributed by atoms with Gasteiger partial charge in [0.15, 0.2) is 0 Å². The van der Waals surface area contributed by atoms with Gasteiger partial charge in [-0.05, 0) is 19.8 Å². The standard InChI is InChI=1S/C9H14/c1-4-5-6-7-8-9(2)3/h4,7-8H,1-2,5-6H2,3H3/b8-7+. The fourth-order valence-electron chi connectivity index (χ4n) is 0.499. The van der Waals surface area contributed by atoms with Crippen LogP contribution in [0.3, 0.4) is 0 Å². The van der Waals surface area contributed by atoms with Crippen molar-refractivity contribution in [3.63, 3.8) is 0 Å². The van der Waals surface area contributed by atoms with Crippen LogP contribution < -0.4 is 0 Å². The van der Waals surface area contributed by atoms with E-state index in [1.54, 1.807) is 0 Å². The summed E-state index contributed by atoms with van der Waals surface area (Å²) >= 11 is 0. The maximum Gasteiger partial charge on any atom is -0.0313 e. The van der Waals surface area contributed by atoms with Gasteiger partial charge in [0.05, 0.1) is 0 Å². The lowest BCUT2D eigenvalue weighted by molar-refractivity contribution is 1.05. The molecule has 0 fully saturated rings. The lowest BCUT2D eigenvalue weighted by atomic mass is 10.2. The molecule has 0 aliphatic carbocycles. The first-order chi connectivity index (χ1) is 4.27. The van der Waals surface area contributed by atoms with Gasteiger partial charge in [-0.1, -0.05) is 30.4 Å². The molecule has 9 heavy (non-hydrogen) atoms. The number of hydrogen-bond donors (Lipinski definition) is 0. The molecule has 0 amide bonds. The molecule has 0 heteroatoms. The normalized spacial score (nSPS) is 9.89. The van der Waals surface area contributed by atoms with Gasteiger partial charge in [-0.15, -0.1) is 6.58 Å². The average Bonchev–Trinajstić information content (AvgIpc) is 1.80. The number of rotatable bonds is 4. The SMILES string of the molecule is C=CCC/C=C/C(=C)C. The molecule has 0 aliphatic rings. The molecule has 0 radical (unpaired) electrons. The van der Waals surface area contributed by atoms with Crippen molar-refractivity contribution in [1.82, 2.24) is 0 Å². The van der Waals surface area contributed by atoms with Gasteiger partial charge < -0.3 is 0 Å². The molecule has 50 valence electrons. The Kier molecular flexibility index (Phi) is 4.89. The Morgan fingerprint density at radius 1 is 1.44 bits per heavy atom. The van der Waals surface area contributed by atoms with Crippen LogP contribution >= 0.6 is 0 Å². The van der Waals surface area contributed by atoms with E-state index in [2.05, 4.69) is 19.2 Å². The van der Waals surface area contributed by atoms with Gasteiger partial charge in [-0.2, -0.15) is 0 Å². The Bertz CT molecular complexity index is 118. The first-order valence-electron chi connectivity index (χ1n) is 3.20. The van der Waals surface area contributed by atoms with Crippen molar-refractivity contribution in [2.45, 2.75) is 19.8 Å². The fraction of sp³-hybridized carbons (Fsp3) is 0.333. The zero-order valence-corrected chi connectivity index (χ0v) is 6.06. The quantitative estimate of drug-likeness (QED) is 0.305. The van der Waals surface area contributed by atoms with Gasteiger partial charge >= 0.3 is 0 Å². The van der Waals surface area contributed by atoms with Gasteiger partial charge in [0.25, 0.3) is 0 Å². The summed E-state index contributed by atoms with van der Waals surface area (Å²) < 4.78 is 0. The van der Waals surface area contributed by atoms with Crippen molar-refractivity contribution >= 4 is 0 Å². The van der Waals surface area contributed by atoms with Gasteiger partial charge in [0.1, 0.15) is 0 Å². The summed E-state index contributed by atoms with van der Waals surface area (Å²) in [6, 6.07) is 0. The third-order valence-electron chi connectivity index (χ3n) is 0.940. The molecule has 0 nitrogen and oxygen atoms in total. The Labute approximate surface area is 57.6 Å². The monoisotopic (exact) mass is 122 g/mol. The Morgan fingerprint density at radius 3 is 2.56 bits per heavy atom. The summed E-state index contributed by atoms with van der Waals surface area (Å²) in [5.41, 5.74) is 1.11. The molecule has 0 spiro atoms. The van der Waals surface area contributed by atoms with Crippen LogP contribution in [-0.2, 0) is 0 Å². The lowest BCUT2D eigenvalue weighted by Crippen LogP contribution is -1.64. The second-order valence-electron chi connectivity index (χ2n) is 2.11. The Balaban J connectivity index is 3.24. The largest absolute Gasteiger partial charge is 0.103 e. The number of unbranched alkanes of at least 4 members (excludes halogenated alkanes) is 1. The van der Waals surface area contributed by atoms with E-state index in [0.29, 0.717) is 0 Å². The van der Waals surface area contributed by atoms with E-state index in [9.17, 15) is 0 Å². The second kappa shape index (κ2) is 5.36. The molecule has 0 aromatic rings. The molecular formula is C9H14. The van der Waals surface area contributed by atoms with Crippen LogP contribution in [0.4, 0.5) is 0 Å². The Hall–Kier alpha value is -0.780. The molecule has 0 unspecified atom stereocenters. The molecule has 0 aromatic heterocycles. The molecule has 0 aromatic carbocycles. The van der Waals surface area contributed by atoms with Crippen LogP contribution in [-0.4, -0.2) is 0 Å². The van der Waals surface area contributed by atoms with E-state index in [4.69, 9.17) is 0 Å². The summed E-state index contributed by atoms with van der Waals surface area (Å²) in [6.45, 7) is 9.35. The minimum atomic E-state index is 1.06. The molecule has 0 heterocycles. The predicted octanol–water partition coefficient (Wildman–Crippen LogP) is 3.08. The number of allylic oxidation sites excluding steroid dienone is 4. The van der Waals surface area contributed by atoms with Crippen LogP contribution in [0, 0.1) is 0 Å². The highest BCUT2D eigenvalue weighted by Gasteiger charge is 1.74. The smallest absolute Gasteiger partial charge is 0.0313 e. The van der Waals surface area contributed by atoms with Gasteiger partial charge in [0.2, 0.25) is 0 Å². The molecule has 0 saturated heterocycles. The highest BCUT2D eigenvalue weighted by atomic mass is 13.8. The van der Waals surface area contributed by atoms with E-state index >= 15 is 0 Å². The lowest BCUT2D eigenvalue weighted by Gasteiger charge is -1.84. The van der Waals surface area contributed by atoms with Crippen molar-refractivity contribution in [3.8, 4) is 0 Å². The first-order valence-corrected chi connectivity index (χ1v) is 3.20. The van der Waals surface area contributed by atoms with Crippen LogP contribution in [0.1, 0.15) is 19.8 Å². The van der Waals surface area contributed by atoms with Crippen LogP contribution in [0.15, 0.2) is 37.0 Å². The average molecular weight is 122 g/mol. The molecule has 0 rings (SSSR count). The zero-order chi connectivity index (χ0) is 7.11. The van der Waals surface area contributed by atoms with Crippen LogP contribution in [0.2, 0.25) is 0 Å². The zero-order valence-electron chi connectivity index (χ0n) is 6.06. The topological polar surface area (TPSA) is 0 Å². The van der Waals surface area contributed by atoms with E-state index in [1.807, 2.05) is 19.1 Å². The van der Waals surface area contributed by atoms with Gasteiger partial charge in [0, 0.05) is 0 Å². The highest BCUT2D eigenvalue weighted by Crippen LogP contribution is 1.94. The van der Waals surface area contributed by atoms with Crippen molar-refractivity contribution in [2.75, 3.05) is 0 Å². The fourth-order valence-corrected chi connectivity index (χ4v) is 0.499. The van der Waals surface area contributed by atoms with E-state index < -0.39 is 0 Å². The minimum absolute atomic E-state index is 1.06. The van der Waals surface area contributed by atoms with E-state index in [-0.39, 0.29) is 0 Å². The molecule has 0 N–H and O–H groups in total. The predicted molar refractivity (Wildman–Crippen MR) is 43.4 cm³/mol. The van der Waals surface area contributed by atoms with E-state index in [1.165, 1.54) is 0 Å². The molecule has 0 bridgehead atoms. The summed E-state index contributed by atoms with van der Waals surface area (Å²) in [5, 5.41) is 0. The summed E-state index contributed by atoms with van der Waals surface area (Å²) in [6.07, 6.45) is 8.20. The Morgan fingerprint density at radius 2 is 2.11 bits per heavy atom. The van der Waals surface area contributed by atoms with Crippen LogP contribution in [0.5, 0.6) is 0 Å². The molecule has 0 saturated carbocycles. The van der Waals surface area contributed by atoms with Gasteiger partial charge in [-0.25, -0.2) is 0 Å². The van der Waals surface area contributed by atoms with Gasteiger partial charge in [-0.3, -0.25) is 0 Å². The van der Waals surface area contributed by atoms with Crippen molar-refractivity contribution in [1.29, 1.82) is 0 Å². The molecule has 0 atom stereocenters. The maximum atomic E-state index is 3.74. The van der Waals surface area contributed by atoms with Crippen molar-refractivity contribution in [3.05, 3.63) is 37.0 Å². The summed E-state index contributed by atoms with van der Waals surface area (Å²) in [7, 11) is 0. The molecular weight excluding hydrogens is 108 g/mol. The molecule has 0 aliphatic heterocycles. The van der Waals surface area contributed by atoms with E-state index in [0.717, 1.165) is 18.4 Å². The van der Waals surface area contributed by atoms with Crippen molar-refractivity contribution < 1.29 is 0 Å². The third kappa shape index (κ3) is 7.22. The van der Waals surface area contributed by atoms with Crippen LogP contribution in [0.25, 0.3) is 0 Å². The second-order valence-corrected chi connectivity index (χ2v) is 2.11. The maximum absolute atomic E-state index is 3.74. The summed E-state index contributed by atoms with van der Waals surface area (Å²) in [4.78, 5) is 0. The summed E-state index contributed by atoms with van der Waals surface area (Å²) in [5.74, 6) is 0. The number of hydrogen-bond acceptors (Lipinski definition) is 0. The van der Waals surface area contributed by atoms with Crippen molar-refractivity contribution in [2.24, 2.45) is 0 Å². The third-order valence-corrected chi connectivity index (χ3v) is 0.940. The first kappa shape index (κ1) is 8.22. The highest BCUT2D eigenvalue weighted by molar-refractivity contribution is 5.10. The minimum Gasteiger partial charge on any atom is -0.103 e.